The van der Waals surface area contributed by atoms with E-state index in [4.69, 9.17) is 9.15 Å². The zero-order chi connectivity index (χ0) is 11.4. The van der Waals surface area contributed by atoms with E-state index in [0.717, 1.165) is 26.0 Å². The van der Waals surface area contributed by atoms with Crippen LogP contribution in [-0.2, 0) is 4.74 Å². The largest absolute Gasteiger partial charge is 0.421 e. The molecule has 2 heterocycles. The highest BCUT2D eigenvalue weighted by Gasteiger charge is 2.23. The molecule has 0 radical (unpaired) electrons. The molecule has 2 atom stereocenters. The second-order valence-corrected chi connectivity index (χ2v) is 4.11. The van der Waals surface area contributed by atoms with Gasteiger partial charge in [-0.1, -0.05) is 6.92 Å². The van der Waals surface area contributed by atoms with Crippen LogP contribution in [-0.4, -0.2) is 23.3 Å². The normalized spacial score (nSPS) is 23.2. The maximum Gasteiger partial charge on any atom is 0.245 e. The highest BCUT2D eigenvalue weighted by molar-refractivity contribution is 4.91. The minimum absolute atomic E-state index is 0.00354. The molecule has 1 aromatic heterocycles. The summed E-state index contributed by atoms with van der Waals surface area (Å²) in [5, 5.41) is 11.4. The summed E-state index contributed by atoms with van der Waals surface area (Å²) in [6, 6.07) is 0.106. The van der Waals surface area contributed by atoms with Gasteiger partial charge in [0.2, 0.25) is 11.8 Å². The van der Waals surface area contributed by atoms with E-state index < -0.39 is 0 Å². The molecule has 1 aromatic rings. The van der Waals surface area contributed by atoms with Gasteiger partial charge in [-0.25, -0.2) is 0 Å². The van der Waals surface area contributed by atoms with Gasteiger partial charge in [0.05, 0.1) is 6.04 Å². The predicted molar refractivity (Wildman–Crippen MR) is 58.9 cm³/mol. The van der Waals surface area contributed by atoms with Gasteiger partial charge in [-0.05, 0) is 32.7 Å². The highest BCUT2D eigenvalue weighted by atomic mass is 16.5. The van der Waals surface area contributed by atoms with E-state index in [1.807, 2.05) is 6.92 Å². The van der Waals surface area contributed by atoms with Gasteiger partial charge in [0.25, 0.3) is 0 Å². The van der Waals surface area contributed by atoms with Crippen molar-refractivity contribution in [3.05, 3.63) is 11.8 Å². The van der Waals surface area contributed by atoms with Crippen LogP contribution in [0.3, 0.4) is 0 Å². The first-order valence-electron chi connectivity index (χ1n) is 5.99. The zero-order valence-electron chi connectivity index (χ0n) is 9.90. The molecule has 1 aliphatic heterocycles. The number of ether oxygens (including phenoxy) is 1. The van der Waals surface area contributed by atoms with Crippen LogP contribution in [0.4, 0.5) is 0 Å². The average Bonchev–Trinajstić information content (AvgIpc) is 2.80. The molecular weight excluding hydrogens is 206 g/mol. The van der Waals surface area contributed by atoms with Crippen LogP contribution in [0.25, 0.3) is 0 Å². The fourth-order valence-electron chi connectivity index (χ4n) is 1.88. The van der Waals surface area contributed by atoms with Crippen LogP contribution < -0.4 is 5.32 Å². The second-order valence-electron chi connectivity index (χ2n) is 4.11. The first-order chi connectivity index (χ1) is 7.81. The van der Waals surface area contributed by atoms with Gasteiger partial charge in [-0.3, -0.25) is 0 Å². The molecule has 0 spiro atoms. The van der Waals surface area contributed by atoms with E-state index >= 15 is 0 Å². The van der Waals surface area contributed by atoms with Crippen LogP contribution in [0.15, 0.2) is 4.42 Å². The van der Waals surface area contributed by atoms with Crippen molar-refractivity contribution >= 4 is 0 Å². The van der Waals surface area contributed by atoms with Crippen molar-refractivity contribution in [2.45, 2.75) is 45.3 Å². The lowest BCUT2D eigenvalue weighted by molar-refractivity contribution is -0.00234. The van der Waals surface area contributed by atoms with Gasteiger partial charge < -0.3 is 14.5 Å². The van der Waals surface area contributed by atoms with Crippen molar-refractivity contribution in [1.82, 2.24) is 15.5 Å². The molecule has 5 nitrogen and oxygen atoms in total. The van der Waals surface area contributed by atoms with Crippen molar-refractivity contribution in [3.8, 4) is 0 Å². The molecule has 2 rings (SSSR count). The smallest absolute Gasteiger partial charge is 0.245 e. The minimum atomic E-state index is 0.00354. The summed E-state index contributed by atoms with van der Waals surface area (Å²) in [7, 11) is 0. The van der Waals surface area contributed by atoms with E-state index in [1.54, 1.807) is 0 Å². The van der Waals surface area contributed by atoms with Gasteiger partial charge in [-0.15, -0.1) is 10.2 Å². The summed E-state index contributed by atoms with van der Waals surface area (Å²) in [6.45, 7) is 5.75. The maximum absolute atomic E-state index is 5.63. The summed E-state index contributed by atoms with van der Waals surface area (Å²) in [5.74, 6) is 1.27. The summed E-state index contributed by atoms with van der Waals surface area (Å²) >= 11 is 0. The number of hydrogen-bond acceptors (Lipinski definition) is 5. The lowest BCUT2D eigenvalue weighted by Gasteiger charge is -2.18. The first kappa shape index (κ1) is 11.5. The van der Waals surface area contributed by atoms with Gasteiger partial charge in [0.1, 0.15) is 6.10 Å². The molecule has 16 heavy (non-hydrogen) atoms. The molecule has 2 unspecified atom stereocenters. The molecule has 1 fully saturated rings. The molecule has 5 heteroatoms. The molecule has 0 saturated carbocycles. The SMILES string of the molecule is CCNC(C)c1nnc(C2CCCCO2)o1. The van der Waals surface area contributed by atoms with Crippen molar-refractivity contribution in [2.75, 3.05) is 13.2 Å². The van der Waals surface area contributed by atoms with Crippen molar-refractivity contribution < 1.29 is 9.15 Å². The Kier molecular flexibility index (Phi) is 3.90. The molecule has 1 aliphatic rings. The Morgan fingerprint density at radius 3 is 3.00 bits per heavy atom. The number of hydrogen-bond donors (Lipinski definition) is 1. The van der Waals surface area contributed by atoms with E-state index in [-0.39, 0.29) is 12.1 Å². The third kappa shape index (κ3) is 2.59. The second kappa shape index (κ2) is 5.41. The van der Waals surface area contributed by atoms with E-state index in [9.17, 15) is 0 Å². The topological polar surface area (TPSA) is 60.2 Å². The monoisotopic (exact) mass is 225 g/mol. The lowest BCUT2D eigenvalue weighted by atomic mass is 10.1. The van der Waals surface area contributed by atoms with Crippen LogP contribution in [0, 0.1) is 0 Å². The number of aromatic nitrogens is 2. The van der Waals surface area contributed by atoms with Gasteiger partial charge in [0.15, 0.2) is 0 Å². The molecule has 90 valence electrons. The van der Waals surface area contributed by atoms with Crippen molar-refractivity contribution in [2.24, 2.45) is 0 Å². The Balaban J connectivity index is 2.00. The molecule has 0 aliphatic carbocycles. The number of nitrogens with one attached hydrogen (secondary N) is 1. The molecule has 0 aromatic carbocycles. The van der Waals surface area contributed by atoms with Gasteiger partial charge >= 0.3 is 0 Å². The summed E-state index contributed by atoms with van der Waals surface area (Å²) in [4.78, 5) is 0. The lowest BCUT2D eigenvalue weighted by Crippen LogP contribution is -2.17. The molecule has 0 bridgehead atoms. The average molecular weight is 225 g/mol. The first-order valence-corrected chi connectivity index (χ1v) is 5.99. The van der Waals surface area contributed by atoms with E-state index in [0.29, 0.717) is 11.8 Å². The van der Waals surface area contributed by atoms with Crippen molar-refractivity contribution in [3.63, 3.8) is 0 Å². The zero-order valence-corrected chi connectivity index (χ0v) is 9.90. The summed E-state index contributed by atoms with van der Waals surface area (Å²) in [5.41, 5.74) is 0. The molecule has 0 amide bonds. The van der Waals surface area contributed by atoms with Gasteiger partial charge in [-0.2, -0.15) is 0 Å². The Morgan fingerprint density at radius 1 is 1.44 bits per heavy atom. The molecule has 1 saturated heterocycles. The van der Waals surface area contributed by atoms with E-state index in [2.05, 4.69) is 22.4 Å². The molecule has 1 N–H and O–H groups in total. The summed E-state index contributed by atoms with van der Waals surface area (Å²) < 4.78 is 11.2. The molecular formula is C11H19N3O2. The van der Waals surface area contributed by atoms with Crippen LogP contribution in [0.1, 0.15) is 57.0 Å². The van der Waals surface area contributed by atoms with Crippen LogP contribution in [0.5, 0.6) is 0 Å². The highest BCUT2D eigenvalue weighted by Crippen LogP contribution is 2.27. The van der Waals surface area contributed by atoms with Crippen LogP contribution >= 0.6 is 0 Å². The van der Waals surface area contributed by atoms with Crippen molar-refractivity contribution in [1.29, 1.82) is 0 Å². The standard InChI is InChI=1S/C11H19N3O2/c1-3-12-8(2)10-13-14-11(16-10)9-6-4-5-7-15-9/h8-9,12H,3-7H2,1-2H3. The maximum atomic E-state index is 5.63. The van der Waals surface area contributed by atoms with E-state index in [1.165, 1.54) is 6.42 Å². The number of nitrogens with zero attached hydrogens (tertiary/aromatic N) is 2. The fraction of sp³-hybridized carbons (Fsp3) is 0.818. The third-order valence-corrected chi connectivity index (χ3v) is 2.79. The fourth-order valence-corrected chi connectivity index (χ4v) is 1.88. The quantitative estimate of drug-likeness (QED) is 0.849. The third-order valence-electron chi connectivity index (χ3n) is 2.79. The van der Waals surface area contributed by atoms with Crippen LogP contribution in [0.2, 0.25) is 0 Å². The van der Waals surface area contributed by atoms with Gasteiger partial charge in [0, 0.05) is 6.61 Å². The minimum Gasteiger partial charge on any atom is -0.421 e. The Hall–Kier alpha value is -0.940. The Morgan fingerprint density at radius 2 is 2.31 bits per heavy atom. The predicted octanol–water partition coefficient (Wildman–Crippen LogP) is 1.98. The Bertz CT molecular complexity index is 321. The summed E-state index contributed by atoms with van der Waals surface area (Å²) in [6.07, 6.45) is 3.29. The Labute approximate surface area is 95.6 Å². The number of rotatable bonds is 4.